The summed E-state index contributed by atoms with van der Waals surface area (Å²) in [6.45, 7) is 1.43. The summed E-state index contributed by atoms with van der Waals surface area (Å²) in [7, 11) is 0. The van der Waals surface area contributed by atoms with Crippen molar-refractivity contribution >= 4 is 74.6 Å². The highest BCUT2D eigenvalue weighted by molar-refractivity contribution is 8.27. The minimum Gasteiger partial charge on any atom is -0.480 e. The van der Waals surface area contributed by atoms with Crippen LogP contribution in [0, 0.1) is 0 Å². The van der Waals surface area contributed by atoms with Crippen LogP contribution in [0.3, 0.4) is 0 Å². The van der Waals surface area contributed by atoms with Crippen molar-refractivity contribution in [1.29, 1.82) is 0 Å². The molecule has 1 N–H and O–H groups in total. The second-order valence-electron chi connectivity index (χ2n) is 6.37. The van der Waals surface area contributed by atoms with Gasteiger partial charge < -0.3 is 5.11 Å². The number of thiocarbonyl (C=S) groups is 1. The van der Waals surface area contributed by atoms with Gasteiger partial charge >= 0.3 is 5.97 Å². The van der Waals surface area contributed by atoms with Crippen LogP contribution < -0.4 is 9.80 Å². The van der Waals surface area contributed by atoms with Crippen molar-refractivity contribution in [1.82, 2.24) is 0 Å². The number of nitrogens with zero attached hydrogens (tertiary/aromatic N) is 2. The van der Waals surface area contributed by atoms with Crippen molar-refractivity contribution in [2.45, 2.75) is 13.0 Å². The molecule has 6 nitrogen and oxygen atoms in total. The van der Waals surface area contributed by atoms with E-state index in [2.05, 4.69) is 0 Å². The lowest BCUT2D eigenvalue weighted by Gasteiger charge is -2.21. The number of hydrogen-bond donors (Lipinski definition) is 1. The predicted octanol–water partition coefficient (Wildman–Crippen LogP) is 3.94. The fourth-order valence-corrected chi connectivity index (χ4v) is 4.89. The number of amides is 2. The molecular formula is C20H13ClN2O4S2. The monoisotopic (exact) mass is 444 g/mol. The third-order valence-electron chi connectivity index (χ3n) is 4.70. The van der Waals surface area contributed by atoms with Crippen LogP contribution in [0.1, 0.15) is 12.5 Å². The Bertz CT molecular complexity index is 1130. The summed E-state index contributed by atoms with van der Waals surface area (Å²) in [5.74, 6) is -2.14. The molecule has 1 atom stereocenters. The fraction of sp³-hybridized carbons (Fsp3) is 0.100. The van der Waals surface area contributed by atoms with Gasteiger partial charge in [-0.05, 0) is 25.1 Å². The van der Waals surface area contributed by atoms with Gasteiger partial charge in [-0.25, -0.2) is 4.79 Å². The average Bonchev–Trinajstić information content (AvgIpc) is 3.14. The molecule has 0 spiro atoms. The Hall–Kier alpha value is -2.68. The van der Waals surface area contributed by atoms with Gasteiger partial charge in [-0.2, -0.15) is 0 Å². The number of benzene rings is 2. The topological polar surface area (TPSA) is 77.9 Å². The minimum atomic E-state index is -1.14. The molecule has 0 aromatic heterocycles. The summed E-state index contributed by atoms with van der Waals surface area (Å²) in [6, 6.07) is 12.5. The molecule has 1 fully saturated rings. The van der Waals surface area contributed by atoms with Gasteiger partial charge in [0.2, 0.25) is 0 Å². The van der Waals surface area contributed by atoms with E-state index in [1.807, 2.05) is 0 Å². The smallest absolute Gasteiger partial charge is 0.326 e. The molecular weight excluding hydrogens is 432 g/mol. The van der Waals surface area contributed by atoms with Gasteiger partial charge in [0, 0.05) is 5.56 Å². The van der Waals surface area contributed by atoms with Crippen LogP contribution in [-0.4, -0.2) is 33.3 Å². The molecule has 2 amide bonds. The molecule has 2 aliphatic heterocycles. The summed E-state index contributed by atoms with van der Waals surface area (Å²) in [5.41, 5.74) is 1.54. The molecule has 0 radical (unpaired) electrons. The van der Waals surface area contributed by atoms with Crippen molar-refractivity contribution in [3.8, 4) is 0 Å². The van der Waals surface area contributed by atoms with E-state index < -0.39 is 23.8 Å². The number of aliphatic carboxylic acids is 1. The second-order valence-corrected chi connectivity index (χ2v) is 8.42. The lowest BCUT2D eigenvalue weighted by Crippen LogP contribution is -2.41. The highest BCUT2D eigenvalue weighted by Crippen LogP contribution is 2.46. The predicted molar refractivity (Wildman–Crippen MR) is 117 cm³/mol. The Morgan fingerprint density at radius 2 is 1.69 bits per heavy atom. The van der Waals surface area contributed by atoms with Gasteiger partial charge in [0.25, 0.3) is 11.8 Å². The summed E-state index contributed by atoms with van der Waals surface area (Å²) >= 11 is 12.6. The molecule has 4 rings (SSSR count). The number of fused-ring (bicyclic) bond motifs is 1. The Morgan fingerprint density at radius 3 is 2.34 bits per heavy atom. The number of rotatable bonds is 3. The first kappa shape index (κ1) is 19.6. The normalized spacial score (nSPS) is 19.7. The molecule has 29 heavy (non-hydrogen) atoms. The zero-order valence-electron chi connectivity index (χ0n) is 15.0. The lowest BCUT2D eigenvalue weighted by molar-refractivity contribution is -0.139. The van der Waals surface area contributed by atoms with Crippen LogP contribution >= 0.6 is 35.6 Å². The number of halogens is 1. The van der Waals surface area contributed by atoms with E-state index in [0.717, 1.165) is 11.8 Å². The van der Waals surface area contributed by atoms with Crippen LogP contribution in [0.5, 0.6) is 0 Å². The second kappa shape index (κ2) is 7.29. The van der Waals surface area contributed by atoms with Crippen molar-refractivity contribution < 1.29 is 19.5 Å². The number of carboxylic acid groups (broad SMARTS) is 1. The Balaban J connectivity index is 1.87. The number of anilines is 2. The SMILES string of the molecule is CC(C(=O)O)N1C(=O)C(=C2SC(=S)N(c3ccccc3Cl)C2=O)c2ccccc21. The van der Waals surface area contributed by atoms with E-state index in [4.69, 9.17) is 23.8 Å². The van der Waals surface area contributed by atoms with Crippen molar-refractivity contribution in [3.63, 3.8) is 0 Å². The largest absolute Gasteiger partial charge is 0.480 e. The maximum Gasteiger partial charge on any atom is 0.326 e. The van der Waals surface area contributed by atoms with Gasteiger partial charge in [-0.15, -0.1) is 0 Å². The number of hydrogen-bond acceptors (Lipinski definition) is 5. The first-order valence-electron chi connectivity index (χ1n) is 8.53. The summed E-state index contributed by atoms with van der Waals surface area (Å²) in [4.78, 5) is 40.6. The molecule has 1 saturated heterocycles. The van der Waals surface area contributed by atoms with Gasteiger partial charge in [-0.1, -0.05) is 65.9 Å². The number of carboxylic acids is 1. The first-order valence-corrected chi connectivity index (χ1v) is 10.1. The third-order valence-corrected chi connectivity index (χ3v) is 6.39. The molecule has 2 aromatic rings. The van der Waals surface area contributed by atoms with E-state index >= 15 is 0 Å². The maximum atomic E-state index is 13.2. The highest BCUT2D eigenvalue weighted by Gasteiger charge is 2.44. The molecule has 0 aliphatic carbocycles. The number of carbonyl (C=O) groups is 3. The molecule has 2 aromatic carbocycles. The summed E-state index contributed by atoms with van der Waals surface area (Å²) < 4.78 is 0.251. The van der Waals surface area contributed by atoms with Gasteiger partial charge in [0.1, 0.15) is 6.04 Å². The molecule has 0 saturated carbocycles. The average molecular weight is 445 g/mol. The number of thioether (sulfide) groups is 1. The zero-order valence-corrected chi connectivity index (χ0v) is 17.3. The zero-order chi connectivity index (χ0) is 20.9. The fourth-order valence-electron chi connectivity index (χ4n) is 3.31. The number of carbonyl (C=O) groups excluding carboxylic acids is 2. The molecule has 146 valence electrons. The lowest BCUT2D eigenvalue weighted by atomic mass is 10.1. The first-order chi connectivity index (χ1) is 13.8. The van der Waals surface area contributed by atoms with Crippen LogP contribution in [0.25, 0.3) is 5.57 Å². The molecule has 2 heterocycles. The minimum absolute atomic E-state index is 0.153. The molecule has 2 aliphatic rings. The molecule has 1 unspecified atom stereocenters. The Kier molecular flexibility index (Phi) is 4.94. The molecule has 0 bridgehead atoms. The van der Waals surface area contributed by atoms with Crippen molar-refractivity contribution in [2.24, 2.45) is 0 Å². The highest BCUT2D eigenvalue weighted by atomic mass is 35.5. The quantitative estimate of drug-likeness (QED) is 0.570. The standard InChI is InChI=1S/C20H13ClN2O4S2/c1-10(19(26)27)22-13-8-4-2-6-11(13)15(17(22)24)16-18(25)23(20(28)29-16)14-9-5-3-7-12(14)21/h2-10H,1H3,(H,26,27). The molecule has 9 heteroatoms. The number of para-hydroxylation sites is 2. The Morgan fingerprint density at radius 1 is 1.07 bits per heavy atom. The van der Waals surface area contributed by atoms with Gasteiger partial charge in [-0.3, -0.25) is 19.4 Å². The van der Waals surface area contributed by atoms with Gasteiger partial charge in [0.15, 0.2) is 4.32 Å². The van der Waals surface area contributed by atoms with Gasteiger partial charge in [0.05, 0.1) is 26.9 Å². The van der Waals surface area contributed by atoms with E-state index in [1.165, 1.54) is 16.7 Å². The maximum absolute atomic E-state index is 13.2. The van der Waals surface area contributed by atoms with E-state index in [0.29, 0.717) is 22.0 Å². The van der Waals surface area contributed by atoms with E-state index in [9.17, 15) is 19.5 Å². The van der Waals surface area contributed by atoms with Crippen molar-refractivity contribution in [3.05, 3.63) is 64.0 Å². The van der Waals surface area contributed by atoms with Crippen LogP contribution in [0.4, 0.5) is 11.4 Å². The van der Waals surface area contributed by atoms with Crippen LogP contribution in [0.15, 0.2) is 53.4 Å². The summed E-state index contributed by atoms with van der Waals surface area (Å²) in [6.07, 6.45) is 0. The Labute approximate surface area is 180 Å². The summed E-state index contributed by atoms with van der Waals surface area (Å²) in [5, 5.41) is 9.78. The van der Waals surface area contributed by atoms with Crippen LogP contribution in [0.2, 0.25) is 5.02 Å². The van der Waals surface area contributed by atoms with Crippen LogP contribution in [-0.2, 0) is 14.4 Å². The van der Waals surface area contributed by atoms with E-state index in [1.54, 1.807) is 48.5 Å². The van der Waals surface area contributed by atoms with Crippen molar-refractivity contribution in [2.75, 3.05) is 9.80 Å². The van der Waals surface area contributed by atoms with E-state index in [-0.39, 0.29) is 14.8 Å². The third kappa shape index (κ3) is 3.04.